The minimum atomic E-state index is -3.85. The van der Waals surface area contributed by atoms with Gasteiger partial charge in [-0.1, -0.05) is 6.07 Å². The quantitative estimate of drug-likeness (QED) is 0.485. The van der Waals surface area contributed by atoms with E-state index in [0.29, 0.717) is 5.69 Å². The molecular formula is C23H24FN3O5S2. The van der Waals surface area contributed by atoms with Crippen LogP contribution in [0.3, 0.4) is 0 Å². The Kier molecular flexibility index (Phi) is 7.27. The molecule has 0 saturated carbocycles. The van der Waals surface area contributed by atoms with Crippen molar-refractivity contribution in [2.45, 2.75) is 18.7 Å². The molecule has 0 saturated heterocycles. The van der Waals surface area contributed by atoms with E-state index in [4.69, 9.17) is 0 Å². The average Bonchev–Trinajstić information content (AvgIpc) is 2.75. The van der Waals surface area contributed by atoms with Crippen LogP contribution in [0.25, 0.3) is 0 Å². The summed E-state index contributed by atoms with van der Waals surface area (Å²) in [6, 6.07) is 15.4. The Morgan fingerprint density at radius 2 is 1.44 bits per heavy atom. The molecule has 0 atom stereocenters. The first-order valence-electron chi connectivity index (χ1n) is 10.1. The van der Waals surface area contributed by atoms with Crippen LogP contribution in [-0.2, 0) is 24.8 Å². The Labute approximate surface area is 198 Å². The van der Waals surface area contributed by atoms with Gasteiger partial charge in [0.1, 0.15) is 12.4 Å². The second kappa shape index (κ2) is 9.82. The predicted molar refractivity (Wildman–Crippen MR) is 130 cm³/mol. The third-order valence-corrected chi connectivity index (χ3v) is 7.55. The fraction of sp³-hybridized carbons (Fsp3) is 0.174. The molecule has 0 radical (unpaired) electrons. The topological polar surface area (TPSA) is 113 Å². The van der Waals surface area contributed by atoms with Gasteiger partial charge in [-0.05, 0) is 85.6 Å². The van der Waals surface area contributed by atoms with Crippen molar-refractivity contribution in [3.63, 3.8) is 0 Å². The highest BCUT2D eigenvalue weighted by Gasteiger charge is 2.21. The fourth-order valence-corrected chi connectivity index (χ4v) is 4.98. The van der Waals surface area contributed by atoms with Gasteiger partial charge in [-0.25, -0.2) is 21.2 Å². The molecule has 3 aromatic carbocycles. The molecule has 3 rings (SSSR count). The van der Waals surface area contributed by atoms with Gasteiger partial charge in [0, 0.05) is 11.4 Å². The molecule has 180 valence electrons. The molecule has 1 amide bonds. The van der Waals surface area contributed by atoms with Crippen molar-refractivity contribution in [2.24, 2.45) is 0 Å². The highest BCUT2D eigenvalue weighted by Crippen LogP contribution is 2.21. The predicted octanol–water partition coefficient (Wildman–Crippen LogP) is 3.65. The Morgan fingerprint density at radius 1 is 0.853 bits per heavy atom. The number of rotatable bonds is 8. The smallest absolute Gasteiger partial charge is 0.261 e. The molecule has 8 nitrogen and oxygen atoms in total. The Bertz CT molecular complexity index is 1410. The van der Waals surface area contributed by atoms with Crippen molar-refractivity contribution in [3.05, 3.63) is 83.7 Å². The van der Waals surface area contributed by atoms with Crippen LogP contribution >= 0.6 is 0 Å². The van der Waals surface area contributed by atoms with Crippen LogP contribution in [0.5, 0.6) is 0 Å². The van der Waals surface area contributed by atoms with Crippen LogP contribution < -0.4 is 14.3 Å². The molecule has 0 spiro atoms. The van der Waals surface area contributed by atoms with Crippen molar-refractivity contribution in [2.75, 3.05) is 27.1 Å². The van der Waals surface area contributed by atoms with Crippen LogP contribution in [0.4, 0.5) is 21.5 Å². The summed E-state index contributed by atoms with van der Waals surface area (Å²) in [5.74, 6) is -1.19. The zero-order valence-corrected chi connectivity index (χ0v) is 20.4. The first kappa shape index (κ1) is 25.2. The molecule has 0 bridgehead atoms. The van der Waals surface area contributed by atoms with Crippen molar-refractivity contribution < 1.29 is 26.0 Å². The van der Waals surface area contributed by atoms with E-state index in [0.717, 1.165) is 33.8 Å². The second-order valence-corrected chi connectivity index (χ2v) is 11.3. The third-order valence-electron chi connectivity index (χ3n) is 5.01. The number of halogens is 1. The van der Waals surface area contributed by atoms with E-state index < -0.39 is 38.3 Å². The summed E-state index contributed by atoms with van der Waals surface area (Å²) in [6.45, 7) is 3.26. The number of carbonyl (C=O) groups excluding carboxylic acids is 1. The van der Waals surface area contributed by atoms with Gasteiger partial charge in [0.05, 0.1) is 16.8 Å². The number of amides is 1. The van der Waals surface area contributed by atoms with Gasteiger partial charge in [-0.15, -0.1) is 0 Å². The largest absolute Gasteiger partial charge is 0.325 e. The summed E-state index contributed by atoms with van der Waals surface area (Å²) in [5, 5.41) is 2.53. The van der Waals surface area contributed by atoms with Crippen molar-refractivity contribution in [1.82, 2.24) is 0 Å². The number of anilines is 3. The number of benzene rings is 3. The van der Waals surface area contributed by atoms with Gasteiger partial charge in [-0.2, -0.15) is 0 Å². The van der Waals surface area contributed by atoms with Crippen LogP contribution in [-0.4, -0.2) is 35.5 Å². The van der Waals surface area contributed by atoms with E-state index in [1.807, 2.05) is 19.9 Å². The maximum Gasteiger partial charge on any atom is 0.261 e. The van der Waals surface area contributed by atoms with Crippen LogP contribution in [0, 0.1) is 19.7 Å². The number of nitrogens with zero attached hydrogens (tertiary/aromatic N) is 1. The van der Waals surface area contributed by atoms with Crippen molar-refractivity contribution in [3.8, 4) is 0 Å². The van der Waals surface area contributed by atoms with Crippen LogP contribution in [0.1, 0.15) is 11.1 Å². The molecular weight excluding hydrogens is 481 g/mol. The highest BCUT2D eigenvalue weighted by atomic mass is 32.2. The summed E-state index contributed by atoms with van der Waals surface area (Å²) >= 11 is 0. The lowest BCUT2D eigenvalue weighted by Crippen LogP contribution is -2.37. The van der Waals surface area contributed by atoms with E-state index in [-0.39, 0.29) is 16.3 Å². The number of nitrogens with one attached hydrogen (secondary N) is 2. The average molecular weight is 506 g/mol. The molecule has 0 unspecified atom stereocenters. The van der Waals surface area contributed by atoms with Crippen LogP contribution in [0.15, 0.2) is 71.6 Å². The van der Waals surface area contributed by atoms with Gasteiger partial charge >= 0.3 is 0 Å². The Balaban J connectivity index is 1.71. The number of carbonyl (C=O) groups is 1. The Morgan fingerprint density at radius 3 is 2.00 bits per heavy atom. The fourth-order valence-electron chi connectivity index (χ4n) is 3.07. The first-order chi connectivity index (χ1) is 15.8. The monoisotopic (exact) mass is 505 g/mol. The van der Waals surface area contributed by atoms with E-state index in [2.05, 4.69) is 10.0 Å². The SMILES string of the molecule is Cc1ccc(NS(=O)(=O)c2ccc(NC(=O)CN(c3ccc(F)cc3)S(C)(=O)=O)cc2)cc1C. The van der Waals surface area contributed by atoms with E-state index in [9.17, 15) is 26.0 Å². The van der Waals surface area contributed by atoms with Crippen molar-refractivity contribution >= 4 is 43.0 Å². The molecule has 3 aromatic rings. The molecule has 0 heterocycles. The van der Waals surface area contributed by atoms with Crippen molar-refractivity contribution in [1.29, 1.82) is 0 Å². The number of hydrogen-bond donors (Lipinski definition) is 2. The van der Waals surface area contributed by atoms with Crippen LogP contribution in [0.2, 0.25) is 0 Å². The maximum atomic E-state index is 13.2. The molecule has 0 aliphatic heterocycles. The third kappa shape index (κ3) is 6.33. The normalized spacial score (nSPS) is 11.6. The standard InChI is InChI=1S/C23H24FN3O5S2/c1-16-4-7-20(14-17(16)2)26-34(31,32)22-12-8-19(9-13-22)25-23(28)15-27(33(3,29)30)21-10-5-18(24)6-11-21/h4-14,26H,15H2,1-3H3,(H,25,28). The lowest BCUT2D eigenvalue weighted by Gasteiger charge is -2.21. The zero-order chi connectivity index (χ0) is 25.1. The summed E-state index contributed by atoms with van der Waals surface area (Å²) in [7, 11) is -7.66. The summed E-state index contributed by atoms with van der Waals surface area (Å²) in [5.41, 5.74) is 2.83. The number of sulfonamides is 2. The summed E-state index contributed by atoms with van der Waals surface area (Å²) in [4.78, 5) is 12.5. The van der Waals surface area contributed by atoms with Gasteiger partial charge in [0.2, 0.25) is 15.9 Å². The molecule has 0 fully saturated rings. The van der Waals surface area contributed by atoms with E-state index >= 15 is 0 Å². The van der Waals surface area contributed by atoms with E-state index in [1.54, 1.807) is 12.1 Å². The minimum Gasteiger partial charge on any atom is -0.325 e. The van der Waals surface area contributed by atoms with Gasteiger partial charge in [0.25, 0.3) is 10.0 Å². The minimum absolute atomic E-state index is 0.00667. The maximum absolute atomic E-state index is 13.2. The first-order valence-corrected chi connectivity index (χ1v) is 13.4. The molecule has 0 aliphatic carbocycles. The molecule has 34 heavy (non-hydrogen) atoms. The highest BCUT2D eigenvalue weighted by molar-refractivity contribution is 7.92. The number of aryl methyl sites for hydroxylation is 2. The Hall–Kier alpha value is -3.44. The van der Waals surface area contributed by atoms with E-state index in [1.165, 1.54) is 36.4 Å². The molecule has 0 aliphatic rings. The van der Waals surface area contributed by atoms with Gasteiger partial charge in [0.15, 0.2) is 0 Å². The number of hydrogen-bond acceptors (Lipinski definition) is 5. The molecule has 11 heteroatoms. The summed E-state index contributed by atoms with van der Waals surface area (Å²) in [6.07, 6.45) is 0.936. The summed E-state index contributed by atoms with van der Waals surface area (Å²) < 4.78 is 66.1. The van der Waals surface area contributed by atoms with Gasteiger partial charge < -0.3 is 5.32 Å². The zero-order valence-electron chi connectivity index (χ0n) is 18.7. The van der Waals surface area contributed by atoms with Gasteiger partial charge in [-0.3, -0.25) is 13.8 Å². The second-order valence-electron chi connectivity index (χ2n) is 7.72. The molecule has 2 N–H and O–H groups in total. The molecule has 0 aromatic heterocycles. The lowest BCUT2D eigenvalue weighted by molar-refractivity contribution is -0.114. The lowest BCUT2D eigenvalue weighted by atomic mass is 10.1.